The third-order valence-corrected chi connectivity index (χ3v) is 4.39. The molecule has 0 fully saturated rings. The maximum atomic E-state index is 12.4. The van der Waals surface area contributed by atoms with Gasteiger partial charge in [-0.25, -0.2) is 18.3 Å². The highest BCUT2D eigenvalue weighted by Gasteiger charge is 2.18. The molecule has 0 unspecified atom stereocenters. The Morgan fingerprint density at radius 3 is 3.04 bits per heavy atom. The van der Waals surface area contributed by atoms with Crippen LogP contribution in [0, 0.1) is 6.92 Å². The lowest BCUT2D eigenvalue weighted by Gasteiger charge is -2.19. The standard InChI is InChI=1S/C19H17F2N5O/c1-11-2-3-14-13(4-6-22-18(14)25-11)12-5-7-26-16(8-12)15(9-24-26)19(27)23-10-17(20)21/h2-5,7-9,17H,6,10H2,1H3,(H,22,25)(H,23,27). The summed E-state index contributed by atoms with van der Waals surface area (Å²) in [5, 5.41) is 9.61. The normalized spacial score (nSPS) is 13.3. The summed E-state index contributed by atoms with van der Waals surface area (Å²) in [5.41, 5.74) is 4.61. The summed E-state index contributed by atoms with van der Waals surface area (Å²) >= 11 is 0. The monoisotopic (exact) mass is 369 g/mol. The van der Waals surface area contributed by atoms with Crippen LogP contribution in [0.3, 0.4) is 0 Å². The smallest absolute Gasteiger partial charge is 0.255 e. The Morgan fingerprint density at radius 2 is 2.22 bits per heavy atom. The van der Waals surface area contributed by atoms with Crippen LogP contribution in [0.5, 0.6) is 0 Å². The molecule has 27 heavy (non-hydrogen) atoms. The number of aromatic nitrogens is 3. The maximum absolute atomic E-state index is 12.4. The Balaban J connectivity index is 1.73. The van der Waals surface area contributed by atoms with Gasteiger partial charge in [0.2, 0.25) is 0 Å². The van der Waals surface area contributed by atoms with E-state index in [4.69, 9.17) is 0 Å². The van der Waals surface area contributed by atoms with Gasteiger partial charge >= 0.3 is 0 Å². The molecule has 0 saturated carbocycles. The van der Waals surface area contributed by atoms with Gasteiger partial charge in [-0.05, 0) is 42.3 Å². The number of alkyl halides is 2. The average Bonchev–Trinajstić information content (AvgIpc) is 3.08. The number of fused-ring (bicyclic) bond motifs is 2. The lowest BCUT2D eigenvalue weighted by atomic mass is 9.96. The van der Waals surface area contributed by atoms with Gasteiger partial charge in [0.15, 0.2) is 0 Å². The van der Waals surface area contributed by atoms with Crippen molar-refractivity contribution in [2.24, 2.45) is 0 Å². The SMILES string of the molecule is Cc1ccc2c(n1)NCC=C2c1ccn2ncc(C(=O)NCC(F)F)c2c1. The molecule has 0 spiro atoms. The summed E-state index contributed by atoms with van der Waals surface area (Å²) in [6.07, 6.45) is 2.59. The Morgan fingerprint density at radius 1 is 1.37 bits per heavy atom. The van der Waals surface area contributed by atoms with Gasteiger partial charge in [-0.15, -0.1) is 0 Å². The minimum absolute atomic E-state index is 0.259. The molecule has 4 heterocycles. The average molecular weight is 369 g/mol. The molecule has 3 aromatic rings. The number of carbonyl (C=O) groups is 1. The molecule has 1 aliphatic heterocycles. The van der Waals surface area contributed by atoms with E-state index in [-0.39, 0.29) is 5.56 Å². The Kier molecular flexibility index (Phi) is 4.31. The van der Waals surface area contributed by atoms with Gasteiger partial charge < -0.3 is 10.6 Å². The molecule has 0 atom stereocenters. The molecule has 3 aromatic heterocycles. The van der Waals surface area contributed by atoms with E-state index in [1.807, 2.05) is 31.2 Å². The molecular weight excluding hydrogens is 352 g/mol. The fourth-order valence-corrected chi connectivity index (χ4v) is 3.13. The first kappa shape index (κ1) is 17.1. The van der Waals surface area contributed by atoms with Crippen molar-refractivity contribution in [2.75, 3.05) is 18.4 Å². The number of hydrogen-bond acceptors (Lipinski definition) is 4. The lowest BCUT2D eigenvalue weighted by Crippen LogP contribution is -2.28. The van der Waals surface area contributed by atoms with E-state index in [0.29, 0.717) is 12.1 Å². The first-order chi connectivity index (χ1) is 13.0. The number of nitrogens with zero attached hydrogens (tertiary/aromatic N) is 3. The third-order valence-electron chi connectivity index (χ3n) is 4.39. The molecule has 1 amide bonds. The highest BCUT2D eigenvalue weighted by Crippen LogP contribution is 2.32. The van der Waals surface area contributed by atoms with Crippen molar-refractivity contribution in [3.63, 3.8) is 0 Å². The number of hydrogen-bond donors (Lipinski definition) is 2. The number of aryl methyl sites for hydroxylation is 1. The molecule has 0 bridgehead atoms. The molecule has 0 saturated heterocycles. The Hall–Kier alpha value is -3.29. The number of pyridine rings is 2. The van der Waals surface area contributed by atoms with Crippen molar-refractivity contribution in [3.05, 3.63) is 65.1 Å². The van der Waals surface area contributed by atoms with Crippen molar-refractivity contribution < 1.29 is 13.6 Å². The number of halogens is 2. The molecule has 2 N–H and O–H groups in total. The fraction of sp³-hybridized carbons (Fsp3) is 0.211. The predicted octanol–water partition coefficient (Wildman–Crippen LogP) is 2.89. The van der Waals surface area contributed by atoms with Crippen LogP contribution in [0.1, 0.15) is 27.2 Å². The summed E-state index contributed by atoms with van der Waals surface area (Å²) in [7, 11) is 0. The molecule has 6 nitrogen and oxygen atoms in total. The molecule has 0 aromatic carbocycles. The number of anilines is 1. The summed E-state index contributed by atoms with van der Waals surface area (Å²) < 4.78 is 26.3. The van der Waals surface area contributed by atoms with E-state index in [1.165, 1.54) is 6.20 Å². The van der Waals surface area contributed by atoms with Crippen LogP contribution < -0.4 is 10.6 Å². The van der Waals surface area contributed by atoms with E-state index < -0.39 is 18.9 Å². The second-order valence-electron chi connectivity index (χ2n) is 6.25. The second kappa shape index (κ2) is 6.79. The zero-order chi connectivity index (χ0) is 19.0. The van der Waals surface area contributed by atoms with Gasteiger partial charge in [0.1, 0.15) is 5.82 Å². The quantitative estimate of drug-likeness (QED) is 0.742. The zero-order valence-corrected chi connectivity index (χ0v) is 14.5. The minimum atomic E-state index is -2.60. The number of carbonyl (C=O) groups excluding carboxylic acids is 1. The molecule has 4 rings (SSSR count). The van der Waals surface area contributed by atoms with Crippen LogP contribution in [-0.2, 0) is 0 Å². The Labute approximate surface area is 153 Å². The summed E-state index contributed by atoms with van der Waals surface area (Å²) in [6.45, 7) is 1.89. The topological polar surface area (TPSA) is 71.3 Å². The van der Waals surface area contributed by atoms with Crippen LogP contribution in [0.2, 0.25) is 0 Å². The predicted molar refractivity (Wildman–Crippen MR) is 98.1 cm³/mol. The lowest BCUT2D eigenvalue weighted by molar-refractivity contribution is 0.0893. The van der Waals surface area contributed by atoms with Crippen molar-refractivity contribution in [2.45, 2.75) is 13.3 Å². The van der Waals surface area contributed by atoms with Gasteiger partial charge in [0, 0.05) is 24.0 Å². The number of rotatable bonds is 4. The largest absolute Gasteiger partial charge is 0.366 e. The molecule has 0 aliphatic carbocycles. The van der Waals surface area contributed by atoms with Crippen molar-refractivity contribution in [1.82, 2.24) is 19.9 Å². The summed E-state index contributed by atoms with van der Waals surface area (Å²) in [4.78, 5) is 16.7. The first-order valence-electron chi connectivity index (χ1n) is 8.49. The minimum Gasteiger partial charge on any atom is -0.366 e. The van der Waals surface area contributed by atoms with E-state index in [2.05, 4.69) is 26.8 Å². The highest BCUT2D eigenvalue weighted by molar-refractivity contribution is 6.01. The molecule has 1 aliphatic rings. The van der Waals surface area contributed by atoms with Gasteiger partial charge in [-0.2, -0.15) is 5.10 Å². The molecule has 138 valence electrons. The van der Waals surface area contributed by atoms with Crippen molar-refractivity contribution in [1.29, 1.82) is 0 Å². The van der Waals surface area contributed by atoms with Crippen LogP contribution in [0.25, 0.3) is 11.1 Å². The molecule has 0 radical (unpaired) electrons. The first-order valence-corrected chi connectivity index (χ1v) is 8.49. The van der Waals surface area contributed by atoms with Crippen LogP contribution in [0.4, 0.5) is 14.6 Å². The van der Waals surface area contributed by atoms with Gasteiger partial charge in [0.25, 0.3) is 12.3 Å². The summed E-state index contributed by atoms with van der Waals surface area (Å²) in [6, 6.07) is 7.69. The van der Waals surface area contributed by atoms with Crippen LogP contribution >= 0.6 is 0 Å². The van der Waals surface area contributed by atoms with Gasteiger partial charge in [-0.1, -0.05) is 6.08 Å². The Bertz CT molecular complexity index is 1060. The van der Waals surface area contributed by atoms with Crippen molar-refractivity contribution in [3.8, 4) is 0 Å². The van der Waals surface area contributed by atoms with E-state index in [1.54, 1.807) is 10.7 Å². The van der Waals surface area contributed by atoms with Crippen LogP contribution in [-0.4, -0.2) is 40.0 Å². The maximum Gasteiger partial charge on any atom is 0.255 e. The second-order valence-corrected chi connectivity index (χ2v) is 6.25. The van der Waals surface area contributed by atoms with E-state index >= 15 is 0 Å². The van der Waals surface area contributed by atoms with E-state index in [9.17, 15) is 13.6 Å². The summed E-state index contributed by atoms with van der Waals surface area (Å²) in [5.74, 6) is 0.246. The number of amides is 1. The zero-order valence-electron chi connectivity index (χ0n) is 14.5. The van der Waals surface area contributed by atoms with Crippen LogP contribution in [0.15, 0.2) is 42.7 Å². The highest BCUT2D eigenvalue weighted by atomic mass is 19.3. The van der Waals surface area contributed by atoms with Crippen molar-refractivity contribution >= 4 is 22.8 Å². The third kappa shape index (κ3) is 3.25. The molecule has 8 heteroatoms. The van der Waals surface area contributed by atoms with E-state index in [0.717, 1.165) is 28.2 Å². The molecular formula is C19H17F2N5O. The fourth-order valence-electron chi connectivity index (χ4n) is 3.13. The number of nitrogens with one attached hydrogen (secondary N) is 2. The van der Waals surface area contributed by atoms with Gasteiger partial charge in [-0.3, -0.25) is 4.79 Å². The van der Waals surface area contributed by atoms with Gasteiger partial charge in [0.05, 0.1) is 23.8 Å².